The Labute approximate surface area is 78.7 Å². The highest BCUT2D eigenvalue weighted by Gasteiger charge is 2.34. The molecule has 0 radical (unpaired) electrons. The highest BCUT2D eigenvalue weighted by molar-refractivity contribution is 6.15. The van der Waals surface area contributed by atoms with Crippen LogP contribution < -0.4 is 5.32 Å². The molecule has 2 heteroatoms. The van der Waals surface area contributed by atoms with Crippen molar-refractivity contribution in [1.82, 2.24) is 5.32 Å². The van der Waals surface area contributed by atoms with E-state index in [9.17, 15) is 0 Å². The van der Waals surface area contributed by atoms with E-state index in [1.54, 1.807) is 0 Å². The summed E-state index contributed by atoms with van der Waals surface area (Å²) in [5, 5.41) is 4.41. The molecule has 0 aromatic carbocycles. The van der Waals surface area contributed by atoms with Crippen molar-refractivity contribution in [2.75, 3.05) is 0 Å². The lowest BCUT2D eigenvalue weighted by atomic mass is 9.78. The van der Waals surface area contributed by atoms with Crippen molar-refractivity contribution in [3.05, 3.63) is 0 Å². The number of rotatable bonds is 0. The second-order valence-electron chi connectivity index (χ2n) is 5.22. The molecule has 0 spiro atoms. The van der Waals surface area contributed by atoms with Crippen LogP contribution >= 0.6 is 0 Å². The van der Waals surface area contributed by atoms with Gasteiger partial charge in [-0.15, -0.1) is 0 Å². The average Bonchev–Trinajstić information content (AvgIpc) is 2.02. The van der Waals surface area contributed by atoms with Crippen molar-refractivity contribution in [1.29, 1.82) is 0 Å². The van der Waals surface area contributed by atoms with Crippen molar-refractivity contribution < 1.29 is 0 Å². The number of hydrogen-bond acceptors (Lipinski definition) is 1. The lowest BCUT2D eigenvalue weighted by molar-refractivity contribution is 0.166. The third-order valence-electron chi connectivity index (χ3n) is 3.63. The fraction of sp³-hybridized carbons (Fsp3) is 1.00. The van der Waals surface area contributed by atoms with Crippen LogP contribution in [0.4, 0.5) is 0 Å². The minimum atomic E-state index is 0.554. The standard InChI is InChI=1S/C10H21NSi/c1-10(12)7-6-8-4-2-3-5-9(8)11-10/h8-9,11H,2-7H2,1,12H3. The Hall–Kier alpha value is 0.177. The molecule has 1 heterocycles. The zero-order chi connectivity index (χ0) is 8.60. The molecule has 0 amide bonds. The van der Waals surface area contributed by atoms with Crippen LogP contribution in [0.25, 0.3) is 0 Å². The first-order chi connectivity index (χ1) is 5.67. The fourth-order valence-electron chi connectivity index (χ4n) is 2.86. The van der Waals surface area contributed by atoms with Gasteiger partial charge in [-0.05, 0) is 36.8 Å². The molecule has 1 aliphatic heterocycles. The first kappa shape index (κ1) is 8.76. The topological polar surface area (TPSA) is 12.0 Å². The van der Waals surface area contributed by atoms with Crippen LogP contribution in [0, 0.1) is 5.92 Å². The minimum absolute atomic E-state index is 0.554. The van der Waals surface area contributed by atoms with Crippen molar-refractivity contribution in [2.45, 2.75) is 56.7 Å². The Morgan fingerprint density at radius 2 is 2.00 bits per heavy atom. The number of fused-ring (bicyclic) bond motifs is 1. The maximum Gasteiger partial charge on any atom is 0.0277 e. The molecular weight excluding hydrogens is 162 g/mol. The van der Waals surface area contributed by atoms with Gasteiger partial charge in [-0.25, -0.2) is 0 Å². The minimum Gasteiger partial charge on any atom is -0.312 e. The molecular formula is C10H21NSi. The highest BCUT2D eigenvalue weighted by Crippen LogP contribution is 2.34. The summed E-state index contributed by atoms with van der Waals surface area (Å²) in [6, 6.07) is 0.884. The largest absolute Gasteiger partial charge is 0.312 e. The molecule has 70 valence electrons. The van der Waals surface area contributed by atoms with Gasteiger partial charge in [-0.3, -0.25) is 0 Å². The molecule has 0 aromatic rings. The molecule has 3 unspecified atom stereocenters. The molecule has 2 rings (SSSR count). The number of piperidine rings is 1. The summed E-state index contributed by atoms with van der Waals surface area (Å²) < 4.78 is 0. The maximum atomic E-state index is 3.86. The van der Waals surface area contributed by atoms with Crippen LogP contribution in [0.3, 0.4) is 0 Å². The van der Waals surface area contributed by atoms with Crippen LogP contribution in [0.2, 0.25) is 0 Å². The molecule has 2 fully saturated rings. The van der Waals surface area contributed by atoms with Crippen molar-refractivity contribution in [3.63, 3.8) is 0 Å². The Balaban J connectivity index is 1.99. The van der Waals surface area contributed by atoms with Gasteiger partial charge in [0.15, 0.2) is 0 Å². The van der Waals surface area contributed by atoms with Crippen molar-refractivity contribution >= 4 is 10.2 Å². The number of hydrogen-bond donors (Lipinski definition) is 1. The highest BCUT2D eigenvalue weighted by atomic mass is 28.1. The quantitative estimate of drug-likeness (QED) is 0.553. The van der Waals surface area contributed by atoms with Crippen molar-refractivity contribution in [2.24, 2.45) is 5.92 Å². The molecule has 1 nitrogen and oxygen atoms in total. The molecule has 2 aliphatic rings. The summed E-state index contributed by atoms with van der Waals surface area (Å²) in [4.78, 5) is 0. The van der Waals surface area contributed by atoms with Gasteiger partial charge in [-0.1, -0.05) is 19.8 Å². The summed E-state index contributed by atoms with van der Waals surface area (Å²) in [7, 11) is 1.31. The third-order valence-corrected chi connectivity index (χ3v) is 4.41. The van der Waals surface area contributed by atoms with Crippen LogP contribution in [0.1, 0.15) is 45.4 Å². The predicted molar refractivity (Wildman–Crippen MR) is 56.5 cm³/mol. The van der Waals surface area contributed by atoms with Gasteiger partial charge in [0.2, 0.25) is 0 Å². The fourth-order valence-corrected chi connectivity index (χ4v) is 3.52. The van der Waals surface area contributed by atoms with Gasteiger partial charge in [-0.2, -0.15) is 0 Å². The summed E-state index contributed by atoms with van der Waals surface area (Å²) in [6.45, 7) is 2.41. The second-order valence-corrected chi connectivity index (χ2v) is 7.43. The first-order valence-corrected chi connectivity index (χ1v) is 6.45. The van der Waals surface area contributed by atoms with E-state index in [2.05, 4.69) is 12.2 Å². The molecule has 0 aromatic heterocycles. The van der Waals surface area contributed by atoms with E-state index in [1.165, 1.54) is 48.8 Å². The molecule has 0 bridgehead atoms. The Kier molecular flexibility index (Phi) is 2.30. The Bertz CT molecular complexity index is 167. The van der Waals surface area contributed by atoms with E-state index >= 15 is 0 Å². The van der Waals surface area contributed by atoms with Gasteiger partial charge in [0.1, 0.15) is 0 Å². The lowest BCUT2D eigenvalue weighted by Crippen LogP contribution is -2.56. The lowest BCUT2D eigenvalue weighted by Gasteiger charge is -2.44. The summed E-state index contributed by atoms with van der Waals surface area (Å²) >= 11 is 0. The van der Waals surface area contributed by atoms with Crippen LogP contribution in [-0.4, -0.2) is 21.4 Å². The zero-order valence-corrected chi connectivity index (χ0v) is 10.4. The molecule has 1 saturated heterocycles. The van der Waals surface area contributed by atoms with Gasteiger partial charge in [0.25, 0.3) is 0 Å². The molecule has 12 heavy (non-hydrogen) atoms. The normalized spacial score (nSPS) is 48.8. The zero-order valence-electron chi connectivity index (χ0n) is 8.40. The van der Waals surface area contributed by atoms with Gasteiger partial charge in [0, 0.05) is 16.3 Å². The van der Waals surface area contributed by atoms with E-state index in [-0.39, 0.29) is 0 Å². The van der Waals surface area contributed by atoms with E-state index in [1.807, 2.05) is 0 Å². The van der Waals surface area contributed by atoms with Gasteiger partial charge < -0.3 is 5.32 Å². The molecule has 1 N–H and O–H groups in total. The SMILES string of the molecule is CC1([SiH3])CCC2CCCCC2N1. The molecule has 3 atom stereocenters. The van der Waals surface area contributed by atoms with E-state index in [4.69, 9.17) is 0 Å². The predicted octanol–water partition coefficient (Wildman–Crippen LogP) is 1.01. The van der Waals surface area contributed by atoms with Crippen LogP contribution in [-0.2, 0) is 0 Å². The van der Waals surface area contributed by atoms with E-state index in [0.29, 0.717) is 5.16 Å². The average molecular weight is 183 g/mol. The molecule has 1 aliphatic carbocycles. The van der Waals surface area contributed by atoms with Gasteiger partial charge in [0.05, 0.1) is 0 Å². The van der Waals surface area contributed by atoms with E-state index < -0.39 is 0 Å². The van der Waals surface area contributed by atoms with E-state index in [0.717, 1.165) is 12.0 Å². The van der Waals surface area contributed by atoms with Crippen LogP contribution in [0.5, 0.6) is 0 Å². The maximum absolute atomic E-state index is 3.86. The summed E-state index contributed by atoms with van der Waals surface area (Å²) in [6.07, 6.45) is 8.82. The van der Waals surface area contributed by atoms with Crippen molar-refractivity contribution in [3.8, 4) is 0 Å². The summed E-state index contributed by atoms with van der Waals surface area (Å²) in [5.41, 5.74) is 0. The van der Waals surface area contributed by atoms with Gasteiger partial charge >= 0.3 is 0 Å². The second kappa shape index (κ2) is 3.15. The third kappa shape index (κ3) is 1.74. The Morgan fingerprint density at radius 1 is 1.25 bits per heavy atom. The molecule has 1 saturated carbocycles. The van der Waals surface area contributed by atoms with Crippen LogP contribution in [0.15, 0.2) is 0 Å². The summed E-state index contributed by atoms with van der Waals surface area (Å²) in [5.74, 6) is 1.03. The smallest absolute Gasteiger partial charge is 0.0277 e. The monoisotopic (exact) mass is 183 g/mol. The Morgan fingerprint density at radius 3 is 2.83 bits per heavy atom. The number of nitrogens with one attached hydrogen (secondary N) is 1. The first-order valence-electron chi connectivity index (χ1n) is 5.45.